The largest absolute Gasteiger partial charge is 0.372 e. The van der Waals surface area contributed by atoms with Crippen LogP contribution in [0.2, 0.25) is 5.02 Å². The average Bonchev–Trinajstić information content (AvgIpc) is 3.46. The third-order valence-corrected chi connectivity index (χ3v) is 7.30. The molecular formula is C30H32ClN5. The molecule has 184 valence electrons. The number of aromatic nitrogens is 3. The van der Waals surface area contributed by atoms with Crippen LogP contribution >= 0.6 is 11.6 Å². The van der Waals surface area contributed by atoms with E-state index in [9.17, 15) is 0 Å². The highest BCUT2D eigenvalue weighted by Crippen LogP contribution is 2.31. The molecule has 1 aliphatic rings. The van der Waals surface area contributed by atoms with Gasteiger partial charge in [0.15, 0.2) is 0 Å². The molecule has 36 heavy (non-hydrogen) atoms. The van der Waals surface area contributed by atoms with Gasteiger partial charge in [-0.15, -0.1) is 0 Å². The van der Waals surface area contributed by atoms with Crippen molar-refractivity contribution in [3.63, 3.8) is 0 Å². The first kappa shape index (κ1) is 24.1. The van der Waals surface area contributed by atoms with E-state index >= 15 is 0 Å². The minimum atomic E-state index is 0.699. The summed E-state index contributed by atoms with van der Waals surface area (Å²) in [5.74, 6) is 0. The molecule has 5 rings (SSSR count). The Labute approximate surface area is 218 Å². The third kappa shape index (κ3) is 5.02. The molecule has 0 radical (unpaired) electrons. The highest BCUT2D eigenvalue weighted by molar-refractivity contribution is 6.35. The first-order valence-corrected chi connectivity index (χ1v) is 13.0. The van der Waals surface area contributed by atoms with Crippen molar-refractivity contribution >= 4 is 28.2 Å². The molecule has 2 aromatic carbocycles. The number of fused-ring (bicyclic) bond motifs is 1. The molecule has 1 saturated heterocycles. The lowest BCUT2D eigenvalue weighted by Gasteiger charge is -2.39. The fourth-order valence-corrected chi connectivity index (χ4v) is 5.01. The van der Waals surface area contributed by atoms with Gasteiger partial charge in [-0.2, -0.15) is 0 Å². The van der Waals surface area contributed by atoms with Crippen molar-refractivity contribution in [2.75, 3.05) is 26.2 Å². The molecule has 0 saturated carbocycles. The van der Waals surface area contributed by atoms with Gasteiger partial charge in [0.1, 0.15) is 0 Å². The number of piperazine rings is 1. The molecule has 0 unspecified atom stereocenters. The average molecular weight is 498 g/mol. The zero-order chi connectivity index (χ0) is 25.1. The van der Waals surface area contributed by atoms with Crippen LogP contribution in [0.3, 0.4) is 0 Å². The maximum Gasteiger partial charge on any atom is 0.0991 e. The molecule has 2 aromatic heterocycles. The minimum Gasteiger partial charge on any atom is -0.372 e. The van der Waals surface area contributed by atoms with E-state index in [-0.39, 0.29) is 0 Å². The Balaban J connectivity index is 1.34. The Hall–Kier alpha value is -3.57. The number of hydrogen-bond donors (Lipinski definition) is 0. The zero-order valence-corrected chi connectivity index (χ0v) is 21.6. The molecule has 1 fully saturated rings. The summed E-state index contributed by atoms with van der Waals surface area (Å²) in [6, 6.07) is 16.5. The smallest absolute Gasteiger partial charge is 0.0991 e. The lowest BCUT2D eigenvalue weighted by atomic mass is 10.1. The monoisotopic (exact) mass is 497 g/mol. The Bertz CT molecular complexity index is 1370. The Kier molecular flexibility index (Phi) is 7.10. The van der Waals surface area contributed by atoms with Gasteiger partial charge in [-0.25, -0.2) is 9.97 Å². The van der Waals surface area contributed by atoms with Crippen molar-refractivity contribution in [2.24, 2.45) is 0 Å². The van der Waals surface area contributed by atoms with Gasteiger partial charge in [0, 0.05) is 66.6 Å². The van der Waals surface area contributed by atoms with Gasteiger partial charge in [0.05, 0.1) is 22.6 Å². The van der Waals surface area contributed by atoms with Crippen molar-refractivity contribution in [1.29, 1.82) is 0 Å². The second-order valence-electron chi connectivity index (χ2n) is 9.33. The van der Waals surface area contributed by atoms with Crippen LogP contribution < -0.4 is 0 Å². The van der Waals surface area contributed by atoms with E-state index in [2.05, 4.69) is 77.3 Å². The lowest BCUT2D eigenvalue weighted by molar-refractivity contribution is 0.209. The maximum atomic E-state index is 6.69. The van der Waals surface area contributed by atoms with Gasteiger partial charge in [0.2, 0.25) is 0 Å². The van der Waals surface area contributed by atoms with Crippen LogP contribution in [0.1, 0.15) is 31.7 Å². The van der Waals surface area contributed by atoms with Crippen LogP contribution in [0, 0.1) is 0 Å². The minimum absolute atomic E-state index is 0.699. The molecule has 6 heteroatoms. The quantitative estimate of drug-likeness (QED) is 0.262. The van der Waals surface area contributed by atoms with Crippen LogP contribution in [-0.2, 0) is 0 Å². The van der Waals surface area contributed by atoms with Gasteiger partial charge < -0.3 is 14.4 Å². The first-order chi connectivity index (χ1) is 17.5. The van der Waals surface area contributed by atoms with Crippen LogP contribution in [0.25, 0.3) is 33.5 Å². The number of nitrogens with zero attached hydrogens (tertiary/aromatic N) is 5. The number of pyridine rings is 1. The Morgan fingerprint density at radius 3 is 2.42 bits per heavy atom. The van der Waals surface area contributed by atoms with E-state index in [0.717, 1.165) is 71.7 Å². The van der Waals surface area contributed by atoms with E-state index in [1.54, 1.807) is 12.5 Å². The fraction of sp³-hybridized carbons (Fsp3) is 0.267. The lowest BCUT2D eigenvalue weighted by Crippen LogP contribution is -2.44. The third-order valence-electron chi connectivity index (χ3n) is 6.99. The molecule has 5 nitrogen and oxygen atoms in total. The van der Waals surface area contributed by atoms with Crippen molar-refractivity contribution in [3.8, 4) is 16.9 Å². The number of halogens is 1. The fourth-order valence-electron chi connectivity index (χ4n) is 4.74. The molecule has 0 N–H and O–H groups in total. The number of unbranched alkanes of at least 4 members (excludes halogenated alkanes) is 1. The summed E-state index contributed by atoms with van der Waals surface area (Å²) in [5, 5.41) is 1.65. The summed E-state index contributed by atoms with van der Waals surface area (Å²) < 4.78 is 1.98. The molecule has 0 amide bonds. The normalized spacial score (nSPS) is 13.8. The SMILES string of the molecule is C=C(CCCC)N1CCN(C(=C)c2ccc3c(Cl)cc(-c4ccc(-n5ccnc5)cc4)nc3c2)CC1. The molecule has 4 aromatic rings. The highest BCUT2D eigenvalue weighted by atomic mass is 35.5. The van der Waals surface area contributed by atoms with E-state index in [1.165, 1.54) is 18.5 Å². The van der Waals surface area contributed by atoms with Crippen molar-refractivity contribution in [3.05, 3.63) is 96.7 Å². The predicted molar refractivity (Wildman–Crippen MR) is 150 cm³/mol. The van der Waals surface area contributed by atoms with Crippen LogP contribution in [0.15, 0.2) is 86.1 Å². The number of imidazole rings is 1. The summed E-state index contributed by atoms with van der Waals surface area (Å²) in [6.07, 6.45) is 8.98. The van der Waals surface area contributed by atoms with Crippen molar-refractivity contribution < 1.29 is 0 Å². The number of hydrogen-bond acceptors (Lipinski definition) is 4. The molecular weight excluding hydrogens is 466 g/mol. The van der Waals surface area contributed by atoms with Gasteiger partial charge >= 0.3 is 0 Å². The zero-order valence-electron chi connectivity index (χ0n) is 20.8. The number of benzene rings is 2. The van der Waals surface area contributed by atoms with Gasteiger partial charge in [-0.3, -0.25) is 0 Å². The second kappa shape index (κ2) is 10.6. The van der Waals surface area contributed by atoms with Crippen LogP contribution in [-0.4, -0.2) is 50.5 Å². The van der Waals surface area contributed by atoms with Crippen molar-refractivity contribution in [1.82, 2.24) is 24.3 Å². The molecule has 0 aliphatic carbocycles. The predicted octanol–water partition coefficient (Wildman–Crippen LogP) is 7.03. The Morgan fingerprint density at radius 2 is 1.72 bits per heavy atom. The second-order valence-corrected chi connectivity index (χ2v) is 9.74. The molecule has 0 bridgehead atoms. The highest BCUT2D eigenvalue weighted by Gasteiger charge is 2.20. The molecule has 3 heterocycles. The topological polar surface area (TPSA) is 37.2 Å². The van der Waals surface area contributed by atoms with E-state index in [1.807, 2.05) is 16.8 Å². The molecule has 1 aliphatic heterocycles. The summed E-state index contributed by atoms with van der Waals surface area (Å²) >= 11 is 6.69. The maximum absolute atomic E-state index is 6.69. The summed E-state index contributed by atoms with van der Waals surface area (Å²) in [4.78, 5) is 13.9. The van der Waals surface area contributed by atoms with Crippen molar-refractivity contribution in [2.45, 2.75) is 26.2 Å². The van der Waals surface area contributed by atoms with Crippen LogP contribution in [0.4, 0.5) is 0 Å². The van der Waals surface area contributed by atoms with Gasteiger partial charge in [-0.05, 0) is 42.7 Å². The summed E-state index contributed by atoms with van der Waals surface area (Å²) in [7, 11) is 0. The number of rotatable bonds is 8. The number of allylic oxidation sites excluding steroid dienone is 1. The standard InChI is InChI=1S/C30H32ClN5/c1-4-5-6-22(2)34-15-17-35(18-16-34)23(3)25-9-12-27-28(31)20-29(33-30(27)19-25)24-7-10-26(11-8-24)36-14-13-32-21-36/h7-14,19-21H,2-6,15-18H2,1H3. The first-order valence-electron chi connectivity index (χ1n) is 12.6. The van der Waals surface area contributed by atoms with E-state index in [4.69, 9.17) is 16.6 Å². The van der Waals surface area contributed by atoms with Crippen LogP contribution in [0.5, 0.6) is 0 Å². The van der Waals surface area contributed by atoms with Gasteiger partial charge in [-0.1, -0.05) is 62.4 Å². The van der Waals surface area contributed by atoms with E-state index in [0.29, 0.717) is 5.02 Å². The summed E-state index contributed by atoms with van der Waals surface area (Å²) in [5.41, 5.74) is 7.17. The van der Waals surface area contributed by atoms with E-state index < -0.39 is 0 Å². The molecule has 0 atom stereocenters. The Morgan fingerprint density at radius 1 is 0.972 bits per heavy atom. The van der Waals surface area contributed by atoms with Gasteiger partial charge in [0.25, 0.3) is 0 Å². The summed E-state index contributed by atoms with van der Waals surface area (Å²) in [6.45, 7) is 14.8. The molecule has 0 spiro atoms.